The lowest BCUT2D eigenvalue weighted by Crippen LogP contribution is -2.23. The predicted octanol–water partition coefficient (Wildman–Crippen LogP) is 5.17. The number of rotatable bonds is 2. The third-order valence-corrected chi connectivity index (χ3v) is 4.94. The fourth-order valence-corrected chi connectivity index (χ4v) is 3.72. The highest BCUT2D eigenvalue weighted by atomic mass is 16.3. The Morgan fingerprint density at radius 1 is 0.905 bits per heavy atom. The van der Waals surface area contributed by atoms with Crippen molar-refractivity contribution >= 4 is 21.9 Å². The van der Waals surface area contributed by atoms with Crippen LogP contribution in [0.4, 0.5) is 0 Å². The third kappa shape index (κ3) is 2.24. The maximum absolute atomic E-state index is 6.54. The fraction of sp³-hybridized carbons (Fsp3) is 0.368. The zero-order chi connectivity index (χ0) is 14.2. The van der Waals surface area contributed by atoms with E-state index in [0.717, 1.165) is 11.2 Å². The highest BCUT2D eigenvalue weighted by molar-refractivity contribution is 6.05. The summed E-state index contributed by atoms with van der Waals surface area (Å²) in [5.74, 6) is 0.634. The van der Waals surface area contributed by atoms with Crippen molar-refractivity contribution in [3.63, 3.8) is 0 Å². The van der Waals surface area contributed by atoms with Crippen LogP contribution in [0.2, 0.25) is 0 Å². The summed E-state index contributed by atoms with van der Waals surface area (Å²) < 4.78 is 5.89. The number of nitrogens with two attached hydrogens (primary N) is 1. The first-order chi connectivity index (χ1) is 10.3. The number of para-hydroxylation sites is 1. The number of hydrogen-bond acceptors (Lipinski definition) is 2. The monoisotopic (exact) mass is 279 g/mol. The van der Waals surface area contributed by atoms with Crippen LogP contribution in [-0.2, 0) is 0 Å². The molecule has 2 heteroatoms. The van der Waals surface area contributed by atoms with Crippen LogP contribution in [0.5, 0.6) is 0 Å². The average Bonchev–Trinajstić information content (AvgIpc) is 2.93. The maximum Gasteiger partial charge on any atom is 0.135 e. The number of fused-ring (bicyclic) bond motifs is 3. The maximum atomic E-state index is 6.54. The van der Waals surface area contributed by atoms with E-state index < -0.39 is 0 Å². The van der Waals surface area contributed by atoms with Crippen molar-refractivity contribution in [3.8, 4) is 0 Å². The van der Waals surface area contributed by atoms with E-state index in [0.29, 0.717) is 5.92 Å². The van der Waals surface area contributed by atoms with Gasteiger partial charge in [-0.15, -0.1) is 0 Å². The summed E-state index contributed by atoms with van der Waals surface area (Å²) in [6.45, 7) is 0. The Morgan fingerprint density at radius 2 is 1.67 bits per heavy atom. The molecule has 4 rings (SSSR count). The molecule has 0 amide bonds. The molecule has 0 bridgehead atoms. The zero-order valence-corrected chi connectivity index (χ0v) is 12.2. The molecule has 1 fully saturated rings. The summed E-state index contributed by atoms with van der Waals surface area (Å²) in [5, 5.41) is 2.37. The minimum Gasteiger partial charge on any atom is -0.456 e. The van der Waals surface area contributed by atoms with E-state index in [1.54, 1.807) is 0 Å². The minimum atomic E-state index is 0.156. The van der Waals surface area contributed by atoms with E-state index in [1.165, 1.54) is 48.4 Å². The van der Waals surface area contributed by atoms with Gasteiger partial charge in [0.1, 0.15) is 11.2 Å². The Hall–Kier alpha value is -1.80. The van der Waals surface area contributed by atoms with Crippen molar-refractivity contribution < 1.29 is 4.42 Å². The molecule has 1 unspecified atom stereocenters. The van der Waals surface area contributed by atoms with Gasteiger partial charge in [-0.1, -0.05) is 43.5 Å². The van der Waals surface area contributed by atoms with E-state index in [2.05, 4.69) is 30.3 Å². The van der Waals surface area contributed by atoms with Crippen LogP contribution in [0.3, 0.4) is 0 Å². The molecule has 2 nitrogen and oxygen atoms in total. The van der Waals surface area contributed by atoms with Crippen molar-refractivity contribution in [2.24, 2.45) is 11.7 Å². The number of furan rings is 1. The Morgan fingerprint density at radius 3 is 2.52 bits per heavy atom. The van der Waals surface area contributed by atoms with E-state index in [-0.39, 0.29) is 6.04 Å². The van der Waals surface area contributed by atoms with Crippen LogP contribution in [0, 0.1) is 5.92 Å². The smallest absolute Gasteiger partial charge is 0.135 e. The van der Waals surface area contributed by atoms with Crippen molar-refractivity contribution in [2.45, 2.75) is 38.1 Å². The van der Waals surface area contributed by atoms with Gasteiger partial charge >= 0.3 is 0 Å². The molecule has 1 saturated carbocycles. The van der Waals surface area contributed by atoms with E-state index in [9.17, 15) is 0 Å². The second kappa shape index (κ2) is 5.19. The molecule has 1 aliphatic rings. The second-order valence-electron chi connectivity index (χ2n) is 6.28. The van der Waals surface area contributed by atoms with Gasteiger partial charge in [0, 0.05) is 16.8 Å². The van der Waals surface area contributed by atoms with Crippen LogP contribution in [0.1, 0.15) is 43.7 Å². The van der Waals surface area contributed by atoms with Gasteiger partial charge in [-0.25, -0.2) is 0 Å². The topological polar surface area (TPSA) is 39.2 Å². The summed E-state index contributed by atoms with van der Waals surface area (Å²) in [7, 11) is 0. The predicted molar refractivity (Wildman–Crippen MR) is 87.2 cm³/mol. The van der Waals surface area contributed by atoms with Gasteiger partial charge in [0.2, 0.25) is 0 Å². The Labute approximate surface area is 124 Å². The molecule has 1 heterocycles. The lowest BCUT2D eigenvalue weighted by atomic mass is 9.81. The summed E-state index contributed by atoms with van der Waals surface area (Å²) in [4.78, 5) is 0. The Balaban J connectivity index is 1.76. The molecule has 1 atom stereocenters. The molecule has 21 heavy (non-hydrogen) atoms. The van der Waals surface area contributed by atoms with E-state index >= 15 is 0 Å². The molecule has 2 aromatic carbocycles. The zero-order valence-electron chi connectivity index (χ0n) is 12.2. The van der Waals surface area contributed by atoms with Crippen molar-refractivity contribution in [2.75, 3.05) is 0 Å². The highest BCUT2D eigenvalue weighted by Crippen LogP contribution is 2.35. The van der Waals surface area contributed by atoms with Crippen molar-refractivity contribution in [3.05, 3.63) is 48.0 Å². The molecular weight excluding hydrogens is 258 g/mol. The fourth-order valence-electron chi connectivity index (χ4n) is 3.72. The van der Waals surface area contributed by atoms with Gasteiger partial charge < -0.3 is 10.2 Å². The van der Waals surface area contributed by atoms with E-state index in [1.807, 2.05) is 12.1 Å². The van der Waals surface area contributed by atoms with Crippen LogP contribution in [0.15, 0.2) is 46.9 Å². The lowest BCUT2D eigenvalue weighted by molar-refractivity contribution is 0.308. The van der Waals surface area contributed by atoms with Gasteiger partial charge in [0.15, 0.2) is 0 Å². The summed E-state index contributed by atoms with van der Waals surface area (Å²) in [5.41, 5.74) is 9.70. The first-order valence-electron chi connectivity index (χ1n) is 8.00. The average molecular weight is 279 g/mol. The molecule has 0 spiro atoms. The van der Waals surface area contributed by atoms with Gasteiger partial charge in [0.05, 0.1) is 0 Å². The summed E-state index contributed by atoms with van der Waals surface area (Å²) in [6.07, 6.45) is 6.57. The molecule has 1 aliphatic carbocycles. The molecule has 108 valence electrons. The van der Waals surface area contributed by atoms with Crippen LogP contribution in [-0.4, -0.2) is 0 Å². The van der Waals surface area contributed by atoms with Gasteiger partial charge in [-0.2, -0.15) is 0 Å². The van der Waals surface area contributed by atoms with Crippen LogP contribution >= 0.6 is 0 Å². The molecule has 1 aromatic heterocycles. The highest BCUT2D eigenvalue weighted by Gasteiger charge is 2.22. The quantitative estimate of drug-likeness (QED) is 0.703. The Kier molecular flexibility index (Phi) is 3.19. The standard InChI is InChI=1S/C19H21NO/c20-19(13-6-2-1-3-7-13)14-10-11-18-16(12-14)15-8-4-5-9-17(15)21-18/h4-5,8-13,19H,1-3,6-7,20H2. The summed E-state index contributed by atoms with van der Waals surface area (Å²) in [6, 6.07) is 14.8. The van der Waals surface area contributed by atoms with Gasteiger partial charge in [0.25, 0.3) is 0 Å². The first-order valence-corrected chi connectivity index (χ1v) is 8.00. The van der Waals surface area contributed by atoms with Gasteiger partial charge in [-0.3, -0.25) is 0 Å². The SMILES string of the molecule is NC(c1ccc2oc3ccccc3c2c1)C1CCCCC1. The normalized spacial score (nSPS) is 18.3. The molecule has 2 N–H and O–H groups in total. The van der Waals surface area contributed by atoms with Gasteiger partial charge in [-0.05, 0) is 42.5 Å². The van der Waals surface area contributed by atoms with Crippen molar-refractivity contribution in [1.82, 2.24) is 0 Å². The lowest BCUT2D eigenvalue weighted by Gasteiger charge is -2.27. The minimum absolute atomic E-state index is 0.156. The number of hydrogen-bond donors (Lipinski definition) is 1. The molecule has 3 aromatic rings. The second-order valence-corrected chi connectivity index (χ2v) is 6.28. The van der Waals surface area contributed by atoms with Crippen LogP contribution in [0.25, 0.3) is 21.9 Å². The molecule has 0 saturated heterocycles. The van der Waals surface area contributed by atoms with Crippen LogP contribution < -0.4 is 5.73 Å². The molecular formula is C19H21NO. The number of benzene rings is 2. The van der Waals surface area contributed by atoms with E-state index in [4.69, 9.17) is 10.2 Å². The largest absolute Gasteiger partial charge is 0.456 e. The molecule has 0 radical (unpaired) electrons. The first kappa shape index (κ1) is 12.9. The van der Waals surface area contributed by atoms with Crippen molar-refractivity contribution in [1.29, 1.82) is 0 Å². The summed E-state index contributed by atoms with van der Waals surface area (Å²) >= 11 is 0. The Bertz CT molecular complexity index is 767. The molecule has 0 aliphatic heterocycles. The third-order valence-electron chi connectivity index (χ3n) is 4.94.